The van der Waals surface area contributed by atoms with Gasteiger partial charge >= 0.3 is 0 Å². The van der Waals surface area contributed by atoms with Crippen molar-refractivity contribution in [2.24, 2.45) is 0 Å². The third-order valence-corrected chi connectivity index (χ3v) is 1.51. The average molecular weight is 114 g/mol. The van der Waals surface area contributed by atoms with Crippen molar-refractivity contribution < 1.29 is 0 Å². The molecule has 42 valence electrons. The van der Waals surface area contributed by atoms with Crippen LogP contribution >= 0.6 is 0 Å². The van der Waals surface area contributed by atoms with Crippen LogP contribution in [0.2, 0.25) is 0 Å². The van der Waals surface area contributed by atoms with E-state index in [0.29, 0.717) is 0 Å². The van der Waals surface area contributed by atoms with Crippen molar-refractivity contribution in [2.45, 2.75) is 6.42 Å². The van der Waals surface area contributed by atoms with Crippen LogP contribution in [0.4, 0.5) is 0 Å². The van der Waals surface area contributed by atoms with Crippen LogP contribution in [0.1, 0.15) is 6.42 Å². The largest absolute Gasteiger partial charge is 0.243 e. The summed E-state index contributed by atoms with van der Waals surface area (Å²) in [5.74, 6) is 0. The first-order valence-electron chi connectivity index (χ1n) is 3.03. The van der Waals surface area contributed by atoms with Gasteiger partial charge in [-0.05, 0) is 6.08 Å². The van der Waals surface area contributed by atoms with Crippen LogP contribution in [-0.2, 0) is 0 Å². The molecular formula is C9H6. The molecule has 0 radical (unpaired) electrons. The Morgan fingerprint density at radius 1 is 1.67 bits per heavy atom. The lowest BCUT2D eigenvalue weighted by Crippen LogP contribution is -1.80. The lowest BCUT2D eigenvalue weighted by atomic mass is 10.1. The zero-order valence-corrected chi connectivity index (χ0v) is 5.02. The average Bonchev–Trinajstić information content (AvgIpc) is 2.33. The molecule has 0 spiro atoms. The van der Waals surface area contributed by atoms with Gasteiger partial charge in [-0.2, -0.15) is 0 Å². The van der Waals surface area contributed by atoms with Crippen LogP contribution in [0, 0.1) is 12.5 Å². The molecule has 2 rings (SSSR count). The Bertz CT molecular complexity index is 245. The molecule has 0 heterocycles. The Hall–Kier alpha value is -1.22. The number of hydrogen-bond donors (Lipinski definition) is 0. The second kappa shape index (κ2) is 1.63. The van der Waals surface area contributed by atoms with Crippen molar-refractivity contribution in [1.29, 1.82) is 0 Å². The van der Waals surface area contributed by atoms with E-state index in [1.165, 1.54) is 11.1 Å². The predicted molar refractivity (Wildman–Crippen MR) is 36.4 cm³/mol. The van der Waals surface area contributed by atoms with E-state index in [2.05, 4.69) is 17.9 Å². The lowest BCUT2D eigenvalue weighted by Gasteiger charge is -1.95. The van der Waals surface area contributed by atoms with Gasteiger partial charge in [0, 0.05) is 0 Å². The third-order valence-electron chi connectivity index (χ3n) is 1.51. The molecule has 0 aromatic carbocycles. The zero-order chi connectivity index (χ0) is 6.10. The molecule has 0 aromatic heterocycles. The molecule has 2 aliphatic rings. The van der Waals surface area contributed by atoms with Gasteiger partial charge in [-0.25, -0.2) is 5.73 Å². The molecule has 0 fully saturated rings. The first-order chi connectivity index (χ1) is 4.47. The molecule has 0 amide bonds. The molecule has 0 nitrogen and oxygen atoms in total. The van der Waals surface area contributed by atoms with E-state index < -0.39 is 0 Å². The molecule has 0 aromatic rings. The van der Waals surface area contributed by atoms with Crippen molar-refractivity contribution in [2.75, 3.05) is 0 Å². The Morgan fingerprint density at radius 3 is 3.56 bits per heavy atom. The number of hydrogen-bond acceptors (Lipinski definition) is 0. The monoisotopic (exact) mass is 114 g/mol. The maximum absolute atomic E-state index is 3.16. The molecule has 0 aliphatic heterocycles. The minimum absolute atomic E-state index is 0.941. The second-order valence-electron chi connectivity index (χ2n) is 2.13. The van der Waals surface area contributed by atoms with E-state index in [9.17, 15) is 0 Å². The third kappa shape index (κ3) is 0.622. The Kier molecular flexibility index (Phi) is 0.841. The lowest BCUT2D eigenvalue weighted by molar-refractivity contribution is 1.28. The Balaban J connectivity index is 2.54. The Morgan fingerprint density at radius 2 is 2.67 bits per heavy atom. The zero-order valence-electron chi connectivity index (χ0n) is 5.02. The highest BCUT2D eigenvalue weighted by molar-refractivity contribution is 5.48. The van der Waals surface area contributed by atoms with Crippen LogP contribution in [0.25, 0.3) is 0 Å². The fraction of sp³-hybridized carbons (Fsp3) is 0.111. The molecule has 2 aliphatic carbocycles. The number of allylic oxidation sites excluding steroid dienone is 5. The fourth-order valence-electron chi connectivity index (χ4n) is 1.04. The first kappa shape index (κ1) is 4.64. The van der Waals surface area contributed by atoms with Gasteiger partial charge in [-0.15, -0.1) is 12.5 Å². The van der Waals surface area contributed by atoms with Crippen LogP contribution in [-0.4, -0.2) is 0 Å². The highest BCUT2D eigenvalue weighted by Gasteiger charge is 2.15. The van der Waals surface area contributed by atoms with Crippen molar-refractivity contribution in [3.8, 4) is 0 Å². The van der Waals surface area contributed by atoms with Crippen molar-refractivity contribution in [1.82, 2.24) is 0 Å². The smallest absolute Gasteiger partial charge is 0.161 e. The minimum Gasteiger partial charge on any atom is -0.243 e. The van der Waals surface area contributed by atoms with Crippen LogP contribution in [0.3, 0.4) is 0 Å². The van der Waals surface area contributed by atoms with Gasteiger partial charge in [-0.3, -0.25) is 0 Å². The molecule has 0 N–H and O–H groups in total. The molecule has 0 saturated carbocycles. The molecule has 0 atom stereocenters. The summed E-state index contributed by atoms with van der Waals surface area (Å²) < 4.78 is 0. The van der Waals surface area contributed by atoms with Crippen LogP contribution in [0.15, 0.2) is 35.1 Å². The van der Waals surface area contributed by atoms with E-state index in [1.54, 1.807) is 0 Å². The summed E-state index contributed by atoms with van der Waals surface area (Å²) in [6, 6.07) is 0. The topological polar surface area (TPSA) is 0 Å². The van der Waals surface area contributed by atoms with E-state index >= 15 is 0 Å². The highest BCUT2D eigenvalue weighted by Crippen LogP contribution is 2.23. The van der Waals surface area contributed by atoms with E-state index in [-0.39, 0.29) is 0 Å². The number of fused-ring (bicyclic) bond motifs is 1. The minimum atomic E-state index is 0.941. The standard InChI is InChI=1S/C9H6/c1-2-5-9-7-3-6-8(9)4-1/h1-2,4,6H,7H2. The molecule has 0 saturated heterocycles. The van der Waals surface area contributed by atoms with Crippen LogP contribution < -0.4 is 0 Å². The van der Waals surface area contributed by atoms with Gasteiger partial charge in [0.25, 0.3) is 0 Å². The maximum atomic E-state index is 3.16. The van der Waals surface area contributed by atoms with Gasteiger partial charge in [0.1, 0.15) is 12.0 Å². The molecule has 0 unspecified atom stereocenters. The fourth-order valence-corrected chi connectivity index (χ4v) is 1.04. The van der Waals surface area contributed by atoms with Gasteiger partial charge < -0.3 is 0 Å². The summed E-state index contributed by atoms with van der Waals surface area (Å²) in [6.45, 7) is 0. The SMILES string of the molecule is C1=C[CH-]C=C2C=[C+]CC=12. The summed E-state index contributed by atoms with van der Waals surface area (Å²) in [6.07, 6.45) is 12.1. The summed E-state index contributed by atoms with van der Waals surface area (Å²) in [7, 11) is 0. The van der Waals surface area contributed by atoms with Gasteiger partial charge in [-0.1, -0.05) is 0 Å². The normalized spacial score (nSPS) is 19.6. The Labute approximate surface area is 54.9 Å². The van der Waals surface area contributed by atoms with Crippen LogP contribution in [0.5, 0.6) is 0 Å². The summed E-state index contributed by atoms with van der Waals surface area (Å²) in [5.41, 5.74) is 5.71. The van der Waals surface area contributed by atoms with E-state index in [4.69, 9.17) is 0 Å². The summed E-state index contributed by atoms with van der Waals surface area (Å²) in [5, 5.41) is 0. The van der Waals surface area contributed by atoms with Crippen molar-refractivity contribution in [3.63, 3.8) is 0 Å². The highest BCUT2D eigenvalue weighted by atomic mass is 14.1. The van der Waals surface area contributed by atoms with Gasteiger partial charge in [0.15, 0.2) is 6.08 Å². The molecule has 9 heavy (non-hydrogen) atoms. The summed E-state index contributed by atoms with van der Waals surface area (Å²) >= 11 is 0. The second-order valence-corrected chi connectivity index (χ2v) is 2.13. The first-order valence-corrected chi connectivity index (χ1v) is 3.03. The van der Waals surface area contributed by atoms with E-state index in [1.807, 2.05) is 18.6 Å². The van der Waals surface area contributed by atoms with Crippen molar-refractivity contribution >= 4 is 0 Å². The van der Waals surface area contributed by atoms with Gasteiger partial charge in [0.05, 0.1) is 11.6 Å². The van der Waals surface area contributed by atoms with Crippen molar-refractivity contribution in [3.05, 3.63) is 47.6 Å². The summed E-state index contributed by atoms with van der Waals surface area (Å²) in [4.78, 5) is 0. The predicted octanol–water partition coefficient (Wildman–Crippen LogP) is 1.98. The molecular weight excluding hydrogens is 108 g/mol. The number of rotatable bonds is 0. The maximum Gasteiger partial charge on any atom is 0.161 e. The quantitative estimate of drug-likeness (QED) is 0.333. The van der Waals surface area contributed by atoms with E-state index in [0.717, 1.165) is 6.42 Å². The molecule has 0 bridgehead atoms. The van der Waals surface area contributed by atoms with Gasteiger partial charge in [0.2, 0.25) is 0 Å². The molecule has 0 heteroatoms.